The van der Waals surface area contributed by atoms with Crippen molar-refractivity contribution in [1.29, 1.82) is 0 Å². The second kappa shape index (κ2) is 7.15. The summed E-state index contributed by atoms with van der Waals surface area (Å²) in [5.41, 5.74) is 2.25. The van der Waals surface area contributed by atoms with E-state index in [2.05, 4.69) is 29.2 Å². The average Bonchev–Trinajstić information content (AvgIpc) is 3.12. The minimum Gasteiger partial charge on any atom is -0.342 e. The predicted octanol–water partition coefficient (Wildman–Crippen LogP) is 3.79. The molecule has 1 amide bonds. The highest BCUT2D eigenvalue weighted by atomic mass is 16.1. The highest BCUT2D eigenvalue weighted by Crippen LogP contribution is 2.22. The van der Waals surface area contributed by atoms with Crippen LogP contribution in [0.3, 0.4) is 0 Å². The maximum atomic E-state index is 12.7. The molecule has 1 N–H and O–H groups in total. The lowest BCUT2D eigenvalue weighted by Gasteiger charge is -2.17. The topological polar surface area (TPSA) is 72.2 Å². The summed E-state index contributed by atoms with van der Waals surface area (Å²) in [4.78, 5) is 21.8. The summed E-state index contributed by atoms with van der Waals surface area (Å²) in [6.07, 6.45) is 2.42. The first-order valence-corrected chi connectivity index (χ1v) is 9.08. The third kappa shape index (κ3) is 3.51. The lowest BCUT2D eigenvalue weighted by atomic mass is 10.0. The first-order valence-electron chi connectivity index (χ1n) is 9.08. The van der Waals surface area contributed by atoms with Crippen molar-refractivity contribution < 1.29 is 4.79 Å². The molecule has 4 aromatic rings. The van der Waals surface area contributed by atoms with E-state index in [-0.39, 0.29) is 11.9 Å². The minimum absolute atomic E-state index is 0.122. The van der Waals surface area contributed by atoms with E-state index >= 15 is 0 Å². The van der Waals surface area contributed by atoms with Gasteiger partial charge in [-0.3, -0.25) is 4.79 Å². The monoisotopic (exact) mass is 359 g/mol. The van der Waals surface area contributed by atoms with Crippen LogP contribution in [0.2, 0.25) is 0 Å². The van der Waals surface area contributed by atoms with Gasteiger partial charge in [0.25, 0.3) is 5.91 Å². The van der Waals surface area contributed by atoms with Crippen LogP contribution in [0.25, 0.3) is 16.6 Å². The summed E-state index contributed by atoms with van der Waals surface area (Å²) in [7, 11) is 0. The second-order valence-electron chi connectivity index (χ2n) is 7.02. The van der Waals surface area contributed by atoms with Crippen LogP contribution in [-0.2, 0) is 0 Å². The van der Waals surface area contributed by atoms with Crippen molar-refractivity contribution in [3.05, 3.63) is 72.3 Å². The molecule has 0 saturated heterocycles. The quantitative estimate of drug-likeness (QED) is 0.588. The van der Waals surface area contributed by atoms with Gasteiger partial charge in [0.1, 0.15) is 6.33 Å². The third-order valence-corrected chi connectivity index (χ3v) is 4.46. The largest absolute Gasteiger partial charge is 0.342 e. The van der Waals surface area contributed by atoms with Crippen molar-refractivity contribution in [3.8, 4) is 0 Å². The van der Waals surface area contributed by atoms with E-state index in [1.165, 1.54) is 0 Å². The Bertz CT molecular complexity index is 1090. The lowest BCUT2D eigenvalue weighted by molar-refractivity contribution is 0.0930. The molecule has 6 heteroatoms. The van der Waals surface area contributed by atoms with E-state index < -0.39 is 0 Å². The fraction of sp³-hybridized carbons (Fsp3) is 0.238. The van der Waals surface area contributed by atoms with E-state index in [0.29, 0.717) is 17.3 Å². The first-order chi connectivity index (χ1) is 13.1. The van der Waals surface area contributed by atoms with Gasteiger partial charge < -0.3 is 5.32 Å². The Balaban J connectivity index is 1.71. The predicted molar refractivity (Wildman–Crippen MR) is 104 cm³/mol. The molecule has 1 unspecified atom stereocenters. The van der Waals surface area contributed by atoms with Gasteiger partial charge in [-0.25, -0.2) is 14.5 Å². The van der Waals surface area contributed by atoms with Gasteiger partial charge in [-0.1, -0.05) is 44.2 Å². The summed E-state index contributed by atoms with van der Waals surface area (Å²) in [5, 5.41) is 8.62. The normalized spacial score (nSPS) is 12.6. The number of benzene rings is 2. The van der Waals surface area contributed by atoms with Crippen LogP contribution in [0.4, 0.5) is 0 Å². The molecule has 0 aliphatic heterocycles. The minimum atomic E-state index is -0.267. The van der Waals surface area contributed by atoms with E-state index in [4.69, 9.17) is 4.98 Å². The van der Waals surface area contributed by atoms with Gasteiger partial charge in [-0.05, 0) is 36.6 Å². The number of amides is 1. The molecule has 0 aliphatic rings. The molecule has 27 heavy (non-hydrogen) atoms. The molecule has 0 radical (unpaired) electrons. The Morgan fingerprint density at radius 1 is 1.07 bits per heavy atom. The molecule has 0 aliphatic carbocycles. The number of hydrogen-bond acceptors (Lipinski definition) is 4. The average molecular weight is 359 g/mol. The summed E-state index contributed by atoms with van der Waals surface area (Å²) in [6.45, 7) is 4.24. The molecule has 2 heterocycles. The van der Waals surface area contributed by atoms with Crippen molar-refractivity contribution in [2.24, 2.45) is 5.92 Å². The van der Waals surface area contributed by atoms with Gasteiger partial charge in [0, 0.05) is 10.9 Å². The number of nitrogens with zero attached hydrogens (tertiary/aromatic N) is 4. The molecular formula is C21H21N5O. The molecule has 1 atom stereocenters. The van der Waals surface area contributed by atoms with Gasteiger partial charge in [-0.2, -0.15) is 0 Å². The number of fused-ring (bicyclic) bond motifs is 3. The van der Waals surface area contributed by atoms with Gasteiger partial charge in [0.2, 0.25) is 0 Å². The zero-order valence-electron chi connectivity index (χ0n) is 15.3. The van der Waals surface area contributed by atoms with E-state index in [9.17, 15) is 4.79 Å². The SMILES string of the molecule is CC(C)CC(NC(=O)c1ccccc1)c1nc2c3ccccc3ncn2n1. The lowest BCUT2D eigenvalue weighted by Crippen LogP contribution is -2.30. The molecule has 4 rings (SSSR count). The highest BCUT2D eigenvalue weighted by Gasteiger charge is 2.22. The van der Waals surface area contributed by atoms with Crippen LogP contribution in [0.1, 0.15) is 42.5 Å². The standard InChI is InChI=1S/C21H21N5O/c1-14(2)12-18(23-21(27)15-8-4-3-5-9-15)19-24-20-16-10-6-7-11-17(16)22-13-26(20)25-19/h3-11,13-14,18H,12H2,1-2H3,(H,23,27). The molecule has 0 fully saturated rings. The number of hydrogen-bond donors (Lipinski definition) is 1. The highest BCUT2D eigenvalue weighted by molar-refractivity contribution is 5.94. The fourth-order valence-electron chi connectivity index (χ4n) is 3.18. The molecule has 2 aromatic heterocycles. The van der Waals surface area contributed by atoms with Crippen LogP contribution in [0.15, 0.2) is 60.9 Å². The Kier molecular flexibility index (Phi) is 4.54. The first kappa shape index (κ1) is 17.1. The number of aromatic nitrogens is 4. The smallest absolute Gasteiger partial charge is 0.251 e. The van der Waals surface area contributed by atoms with Gasteiger partial charge >= 0.3 is 0 Å². The van der Waals surface area contributed by atoms with Crippen LogP contribution < -0.4 is 5.32 Å². The van der Waals surface area contributed by atoms with Crippen molar-refractivity contribution in [2.45, 2.75) is 26.3 Å². The van der Waals surface area contributed by atoms with Crippen LogP contribution in [0, 0.1) is 5.92 Å². The molecule has 136 valence electrons. The summed E-state index contributed by atoms with van der Waals surface area (Å²) >= 11 is 0. The molecular weight excluding hydrogens is 338 g/mol. The molecule has 6 nitrogen and oxygen atoms in total. The van der Waals surface area contributed by atoms with E-state index in [0.717, 1.165) is 23.0 Å². The van der Waals surface area contributed by atoms with Crippen molar-refractivity contribution >= 4 is 22.5 Å². The second-order valence-corrected chi connectivity index (χ2v) is 7.02. The van der Waals surface area contributed by atoms with Crippen LogP contribution in [0.5, 0.6) is 0 Å². The number of carbonyl (C=O) groups excluding carboxylic acids is 1. The Labute approximate surface area is 157 Å². The summed E-state index contributed by atoms with van der Waals surface area (Å²) in [5.74, 6) is 0.863. The number of rotatable bonds is 5. The number of para-hydroxylation sites is 1. The Hall–Kier alpha value is -3.28. The number of nitrogens with one attached hydrogen (secondary N) is 1. The van der Waals surface area contributed by atoms with Crippen LogP contribution in [-0.4, -0.2) is 25.5 Å². The van der Waals surface area contributed by atoms with Crippen molar-refractivity contribution in [3.63, 3.8) is 0 Å². The maximum Gasteiger partial charge on any atom is 0.251 e. The van der Waals surface area contributed by atoms with Crippen molar-refractivity contribution in [1.82, 2.24) is 24.9 Å². The molecule has 0 saturated carbocycles. The van der Waals surface area contributed by atoms with Gasteiger partial charge in [-0.15, -0.1) is 5.10 Å². The summed E-state index contributed by atoms with van der Waals surface area (Å²) in [6, 6.07) is 16.8. The molecule has 2 aromatic carbocycles. The van der Waals surface area contributed by atoms with Gasteiger partial charge in [0.05, 0.1) is 11.6 Å². The number of carbonyl (C=O) groups is 1. The zero-order chi connectivity index (χ0) is 18.8. The fourth-order valence-corrected chi connectivity index (χ4v) is 3.18. The van der Waals surface area contributed by atoms with E-state index in [1.807, 2.05) is 42.5 Å². The third-order valence-electron chi connectivity index (χ3n) is 4.46. The maximum absolute atomic E-state index is 12.7. The summed E-state index contributed by atoms with van der Waals surface area (Å²) < 4.78 is 1.68. The van der Waals surface area contributed by atoms with E-state index in [1.54, 1.807) is 23.0 Å². The van der Waals surface area contributed by atoms with Crippen LogP contribution >= 0.6 is 0 Å². The Morgan fingerprint density at radius 3 is 2.59 bits per heavy atom. The Morgan fingerprint density at radius 2 is 1.81 bits per heavy atom. The van der Waals surface area contributed by atoms with Crippen molar-refractivity contribution in [2.75, 3.05) is 0 Å². The zero-order valence-corrected chi connectivity index (χ0v) is 15.3. The molecule has 0 spiro atoms. The van der Waals surface area contributed by atoms with Gasteiger partial charge in [0.15, 0.2) is 11.5 Å². The molecule has 0 bridgehead atoms.